The topological polar surface area (TPSA) is 85.0 Å². The van der Waals surface area contributed by atoms with Gasteiger partial charge in [-0.25, -0.2) is 0 Å². The molecule has 0 aromatic heterocycles. The number of carboxylic acids is 1. The van der Waals surface area contributed by atoms with Crippen molar-refractivity contribution in [3.63, 3.8) is 0 Å². The van der Waals surface area contributed by atoms with Crippen LogP contribution in [0.4, 0.5) is 5.69 Å². The molecule has 2 heterocycles. The number of fused-ring (bicyclic) bond motifs is 1. The first-order valence-corrected chi connectivity index (χ1v) is 12.7. The lowest BCUT2D eigenvalue weighted by molar-refractivity contribution is -0.222. The van der Waals surface area contributed by atoms with Gasteiger partial charge in [-0.15, -0.1) is 0 Å². The van der Waals surface area contributed by atoms with Crippen molar-refractivity contribution in [1.82, 2.24) is 4.90 Å². The zero-order chi connectivity index (χ0) is 22.9. The molecule has 3 rings (SSSR count). The molecular weight excluding hydrogens is 428 g/mol. The minimum atomic E-state index is -0.933. The van der Waals surface area contributed by atoms with Crippen LogP contribution in [0.1, 0.15) is 88.2 Å². The predicted molar refractivity (Wildman–Crippen MR) is 128 cm³/mol. The average Bonchev–Trinajstić information content (AvgIpc) is 2.79. The number of unbranched alkanes of at least 4 members (excludes halogenated alkanes) is 7. The van der Waals surface area contributed by atoms with Gasteiger partial charge in [-0.05, 0) is 62.9 Å². The Kier molecular flexibility index (Phi) is 9.94. The van der Waals surface area contributed by atoms with Crippen LogP contribution in [0.15, 0.2) is 6.07 Å². The summed E-state index contributed by atoms with van der Waals surface area (Å²) in [5.74, 6) is -0.933. The summed E-state index contributed by atoms with van der Waals surface area (Å²) < 4.78 is 0. The quantitative estimate of drug-likeness (QED) is 0.229. The van der Waals surface area contributed by atoms with E-state index in [4.69, 9.17) is 27.1 Å². The molecule has 32 heavy (non-hydrogen) atoms. The summed E-state index contributed by atoms with van der Waals surface area (Å²) in [7, 11) is 0. The molecule has 3 N–H and O–H groups in total. The molecule has 6 nitrogen and oxygen atoms in total. The highest BCUT2D eigenvalue weighted by Gasteiger charge is 2.35. The van der Waals surface area contributed by atoms with Gasteiger partial charge >= 0.3 is 5.97 Å². The highest BCUT2D eigenvalue weighted by Crippen LogP contribution is 2.44. The summed E-state index contributed by atoms with van der Waals surface area (Å²) in [5, 5.41) is 10.1. The average molecular weight is 467 g/mol. The third-order valence-electron chi connectivity index (χ3n) is 6.96. The summed E-state index contributed by atoms with van der Waals surface area (Å²) >= 11 is 6.32. The second-order valence-corrected chi connectivity index (χ2v) is 9.80. The van der Waals surface area contributed by atoms with E-state index in [1.807, 2.05) is 6.07 Å². The van der Waals surface area contributed by atoms with Gasteiger partial charge in [0, 0.05) is 5.56 Å². The summed E-state index contributed by atoms with van der Waals surface area (Å²) in [4.78, 5) is 24.7. The van der Waals surface area contributed by atoms with E-state index >= 15 is 0 Å². The van der Waals surface area contributed by atoms with Gasteiger partial charge in [-0.3, -0.25) is 4.79 Å². The number of halogens is 1. The first-order chi connectivity index (χ1) is 15.5. The number of piperidine rings is 1. The van der Waals surface area contributed by atoms with Gasteiger partial charge in [0.2, 0.25) is 0 Å². The summed E-state index contributed by atoms with van der Waals surface area (Å²) in [6, 6.07) is 1.83. The van der Waals surface area contributed by atoms with Crippen molar-refractivity contribution in [3.8, 4) is 5.75 Å². The number of rotatable bonds is 12. The minimum absolute atomic E-state index is 0.0204. The standard InChI is InChI=1S/C25H39ClN2O4/c1-2-3-4-5-6-7-8-9-12-28-13-10-18(11-14-28)15-19-16-21(26)23(27)24-22(19)20(25(29)30)17-31-32-24/h16,18,20H,2-15,17,27H2,1H3,(H,29,30). The molecular formula is C25H39ClN2O4. The van der Waals surface area contributed by atoms with Crippen molar-refractivity contribution in [2.75, 3.05) is 32.0 Å². The Morgan fingerprint density at radius 1 is 1.16 bits per heavy atom. The van der Waals surface area contributed by atoms with E-state index < -0.39 is 11.9 Å². The van der Waals surface area contributed by atoms with Gasteiger partial charge in [0.25, 0.3) is 0 Å². The molecule has 2 aliphatic heterocycles. The second-order valence-electron chi connectivity index (χ2n) is 9.40. The molecule has 1 unspecified atom stereocenters. The maximum atomic E-state index is 11.8. The highest BCUT2D eigenvalue weighted by molar-refractivity contribution is 6.33. The number of aliphatic carboxylic acids is 1. The molecule has 0 aliphatic carbocycles. The molecule has 7 heteroatoms. The second kappa shape index (κ2) is 12.7. The summed E-state index contributed by atoms with van der Waals surface area (Å²) in [6.45, 7) is 5.64. The lowest BCUT2D eigenvalue weighted by Crippen LogP contribution is -2.35. The molecule has 2 aliphatic rings. The largest absolute Gasteiger partial charge is 0.481 e. The van der Waals surface area contributed by atoms with Crippen LogP contribution in [0, 0.1) is 5.92 Å². The van der Waals surface area contributed by atoms with E-state index in [2.05, 4.69) is 11.8 Å². The molecule has 0 amide bonds. The van der Waals surface area contributed by atoms with Crippen LogP contribution >= 0.6 is 11.6 Å². The molecule has 1 aromatic rings. The van der Waals surface area contributed by atoms with Crippen LogP contribution in [0.3, 0.4) is 0 Å². The maximum absolute atomic E-state index is 11.8. The predicted octanol–water partition coefficient (Wildman–Crippen LogP) is 5.81. The van der Waals surface area contributed by atoms with Crippen molar-refractivity contribution in [1.29, 1.82) is 0 Å². The normalized spacial score (nSPS) is 19.5. The Morgan fingerprint density at radius 2 is 1.81 bits per heavy atom. The van der Waals surface area contributed by atoms with E-state index in [-0.39, 0.29) is 18.0 Å². The number of nitrogens with zero attached hydrogens (tertiary/aromatic N) is 1. The Balaban J connectivity index is 1.47. The number of nitrogens with two attached hydrogens (primary N) is 1. The van der Waals surface area contributed by atoms with Gasteiger partial charge in [0.05, 0.1) is 10.7 Å². The Hall–Kier alpha value is -1.50. The van der Waals surface area contributed by atoms with Crippen molar-refractivity contribution >= 4 is 23.3 Å². The van der Waals surface area contributed by atoms with Crippen molar-refractivity contribution < 1.29 is 19.7 Å². The fourth-order valence-corrected chi connectivity index (χ4v) is 5.20. The van der Waals surface area contributed by atoms with Crippen molar-refractivity contribution in [2.45, 2.75) is 83.5 Å². The van der Waals surface area contributed by atoms with E-state index in [1.165, 1.54) is 57.9 Å². The first kappa shape index (κ1) is 25.1. The van der Waals surface area contributed by atoms with Gasteiger partial charge in [-0.2, -0.15) is 4.89 Å². The Bertz CT molecular complexity index is 750. The number of nitrogen functional groups attached to an aromatic ring is 1. The first-order valence-electron chi connectivity index (χ1n) is 12.4. The number of anilines is 1. The monoisotopic (exact) mass is 466 g/mol. The van der Waals surface area contributed by atoms with Crippen LogP contribution in [0.2, 0.25) is 5.02 Å². The fraction of sp³-hybridized carbons (Fsp3) is 0.720. The van der Waals surface area contributed by atoms with Crippen LogP contribution in [0.5, 0.6) is 5.75 Å². The molecule has 0 saturated carbocycles. The Labute approximate surface area is 197 Å². The lowest BCUT2D eigenvalue weighted by atomic mass is 9.84. The van der Waals surface area contributed by atoms with E-state index in [9.17, 15) is 9.90 Å². The van der Waals surface area contributed by atoms with Crippen LogP contribution in [-0.4, -0.2) is 42.2 Å². The third-order valence-corrected chi connectivity index (χ3v) is 7.27. The smallest absolute Gasteiger partial charge is 0.313 e. The van der Waals surface area contributed by atoms with Gasteiger partial charge in [0.1, 0.15) is 12.5 Å². The Morgan fingerprint density at radius 3 is 2.47 bits per heavy atom. The van der Waals surface area contributed by atoms with Crippen LogP contribution in [0.25, 0.3) is 0 Å². The number of benzene rings is 1. The van der Waals surface area contributed by atoms with Crippen molar-refractivity contribution in [2.24, 2.45) is 5.92 Å². The van der Waals surface area contributed by atoms with Crippen molar-refractivity contribution in [3.05, 3.63) is 22.2 Å². The SMILES string of the molecule is CCCCCCCCCCN1CCC(Cc2cc(Cl)c(N)c3c2C(C(=O)O)COO3)CC1. The number of hydrogen-bond acceptors (Lipinski definition) is 5. The van der Waals surface area contributed by atoms with E-state index in [0.29, 0.717) is 16.5 Å². The zero-order valence-corrected chi connectivity index (χ0v) is 20.2. The van der Waals surface area contributed by atoms with E-state index in [0.717, 1.165) is 37.9 Å². The molecule has 0 bridgehead atoms. The molecule has 180 valence electrons. The minimum Gasteiger partial charge on any atom is -0.481 e. The highest BCUT2D eigenvalue weighted by atomic mass is 35.5. The molecule has 1 fully saturated rings. The van der Waals surface area contributed by atoms with Gasteiger partial charge in [0.15, 0.2) is 5.75 Å². The molecule has 1 aromatic carbocycles. The van der Waals surface area contributed by atoms with Gasteiger partial charge in [-0.1, -0.05) is 63.5 Å². The summed E-state index contributed by atoms with van der Waals surface area (Å²) in [5.41, 5.74) is 7.85. The zero-order valence-electron chi connectivity index (χ0n) is 19.4. The maximum Gasteiger partial charge on any atom is 0.313 e. The number of carboxylic acid groups (broad SMARTS) is 1. The molecule has 0 radical (unpaired) electrons. The molecule has 1 atom stereocenters. The fourth-order valence-electron chi connectivity index (χ4n) is 4.98. The third kappa shape index (κ3) is 6.75. The van der Waals surface area contributed by atoms with Gasteiger partial charge < -0.3 is 20.6 Å². The van der Waals surface area contributed by atoms with Crippen LogP contribution in [-0.2, 0) is 16.1 Å². The lowest BCUT2D eigenvalue weighted by Gasteiger charge is -2.33. The van der Waals surface area contributed by atoms with E-state index in [1.54, 1.807) is 0 Å². The molecule has 1 saturated heterocycles. The molecule has 0 spiro atoms. The van der Waals surface area contributed by atoms with Crippen LogP contribution < -0.4 is 10.6 Å². The number of carbonyl (C=O) groups is 1. The number of hydrogen-bond donors (Lipinski definition) is 2. The number of likely N-dealkylation sites (tertiary alicyclic amines) is 1. The summed E-state index contributed by atoms with van der Waals surface area (Å²) in [6.07, 6.45) is 13.8.